The van der Waals surface area contributed by atoms with Crippen LogP contribution in [0.15, 0.2) is 42.5 Å². The summed E-state index contributed by atoms with van der Waals surface area (Å²) in [4.78, 5) is 57.7. The molecule has 0 aromatic heterocycles. The third kappa shape index (κ3) is 6.37. The van der Waals surface area contributed by atoms with Crippen molar-refractivity contribution < 1.29 is 29.0 Å². The normalized spacial score (nSPS) is 24.3. The predicted molar refractivity (Wildman–Crippen MR) is 169 cm³/mol. The van der Waals surface area contributed by atoms with Crippen LogP contribution in [0.5, 0.6) is 5.75 Å². The summed E-state index contributed by atoms with van der Waals surface area (Å²) in [7, 11) is 1.48. The van der Waals surface area contributed by atoms with Gasteiger partial charge in [0.15, 0.2) is 0 Å². The van der Waals surface area contributed by atoms with E-state index < -0.39 is 53.1 Å². The summed E-state index contributed by atoms with van der Waals surface area (Å²) >= 11 is 0. The fraction of sp³-hybridized carbons (Fsp3) is 0.543. The second-order valence-corrected chi connectivity index (χ2v) is 14.4. The maximum absolute atomic E-state index is 14.5. The summed E-state index contributed by atoms with van der Waals surface area (Å²) in [5.41, 5.74) is 2.28. The molecule has 0 radical (unpaired) electrons. The third-order valence-electron chi connectivity index (χ3n) is 9.45. The first-order valence-electron chi connectivity index (χ1n) is 15.9. The van der Waals surface area contributed by atoms with Crippen LogP contribution in [0.4, 0.5) is 4.79 Å². The molecular weight excluding hydrogens is 572 g/mol. The van der Waals surface area contributed by atoms with Crippen molar-refractivity contribution in [2.24, 2.45) is 5.41 Å². The monoisotopic (exact) mass is 618 g/mol. The van der Waals surface area contributed by atoms with Crippen LogP contribution in [-0.2, 0) is 32.0 Å². The Morgan fingerprint density at radius 3 is 2.44 bits per heavy atom. The van der Waals surface area contributed by atoms with Crippen molar-refractivity contribution in [1.29, 1.82) is 0 Å². The largest absolute Gasteiger partial charge is 0.508 e. The molecule has 0 bridgehead atoms. The van der Waals surface area contributed by atoms with Gasteiger partial charge >= 0.3 is 6.09 Å². The molecule has 0 saturated carbocycles. The molecule has 5 atom stereocenters. The summed E-state index contributed by atoms with van der Waals surface area (Å²) in [5.74, 6) is -1.12. The molecule has 2 heterocycles. The number of ether oxygens (including phenoxy) is 1. The molecule has 45 heavy (non-hydrogen) atoms. The summed E-state index contributed by atoms with van der Waals surface area (Å²) in [5, 5.41) is 17.2. The molecule has 5 rings (SSSR count). The van der Waals surface area contributed by atoms with Crippen LogP contribution in [0.3, 0.4) is 0 Å². The highest BCUT2D eigenvalue weighted by Gasteiger charge is 2.56. The molecule has 4 amide bonds. The van der Waals surface area contributed by atoms with Crippen LogP contribution in [-0.4, -0.2) is 69.5 Å². The van der Waals surface area contributed by atoms with E-state index in [1.54, 1.807) is 44.7 Å². The molecule has 1 aliphatic carbocycles. The van der Waals surface area contributed by atoms with Crippen LogP contribution < -0.4 is 10.6 Å². The number of carbonyl (C=O) groups excluding carboxylic acids is 4. The summed E-state index contributed by atoms with van der Waals surface area (Å²) in [6, 6.07) is 9.78. The van der Waals surface area contributed by atoms with Gasteiger partial charge in [0.25, 0.3) is 0 Å². The molecule has 10 heteroatoms. The van der Waals surface area contributed by atoms with E-state index >= 15 is 0 Å². The van der Waals surface area contributed by atoms with Crippen LogP contribution in [0.2, 0.25) is 0 Å². The Labute approximate surface area is 265 Å². The molecule has 2 aliphatic heterocycles. The summed E-state index contributed by atoms with van der Waals surface area (Å²) in [6.07, 6.45) is 2.65. The van der Waals surface area contributed by atoms with E-state index in [2.05, 4.69) is 22.8 Å². The number of amides is 4. The minimum Gasteiger partial charge on any atom is -0.508 e. The molecule has 0 spiro atoms. The highest BCUT2D eigenvalue weighted by molar-refractivity contribution is 5.95. The second kappa shape index (κ2) is 12.0. The quantitative estimate of drug-likeness (QED) is 0.451. The highest BCUT2D eigenvalue weighted by atomic mass is 16.6. The fourth-order valence-electron chi connectivity index (χ4n) is 7.14. The highest BCUT2D eigenvalue weighted by Crippen LogP contribution is 2.52. The van der Waals surface area contributed by atoms with Gasteiger partial charge in [0.05, 0.1) is 12.1 Å². The summed E-state index contributed by atoms with van der Waals surface area (Å²) in [6.45, 7) is 10.7. The van der Waals surface area contributed by atoms with Crippen molar-refractivity contribution in [2.75, 3.05) is 7.05 Å². The van der Waals surface area contributed by atoms with Crippen LogP contribution in [0, 0.1) is 5.41 Å². The Hall–Kier alpha value is -4.08. The molecular formula is C35H46N4O6. The Kier molecular flexibility index (Phi) is 8.63. The number of aromatic hydroxyl groups is 1. The van der Waals surface area contributed by atoms with Crippen molar-refractivity contribution in [3.05, 3.63) is 64.7 Å². The standard InChI is InChI=1S/C35H46N4O6/c1-20(38(7)33(44)45-34(2,3)4)30(41)37-25-18-22-14-11-17-27(40)28(22)26-19-35(5,6)29(39(26)32(25)43)31(42)36-24-16-10-13-21-12-8-9-15-23(21)24/h8-9,11-12,14-15,17,20,24-26,29,40H,10,13,16,18-19H2,1-7H3,(H,36,42)(H,37,41)/t20-,24+,25-,26+,29?/m0/s1. The van der Waals surface area contributed by atoms with Crippen LogP contribution in [0.1, 0.15) is 95.1 Å². The van der Waals surface area contributed by atoms with Gasteiger partial charge in [-0.05, 0) is 81.5 Å². The minimum atomic E-state index is -1.02. The average molecular weight is 619 g/mol. The van der Waals surface area contributed by atoms with Gasteiger partial charge in [0.1, 0.15) is 29.5 Å². The first-order chi connectivity index (χ1) is 21.1. The lowest BCUT2D eigenvalue weighted by molar-refractivity contribution is -0.145. The van der Waals surface area contributed by atoms with E-state index in [-0.39, 0.29) is 24.1 Å². The molecule has 2 aromatic carbocycles. The molecule has 3 aliphatic rings. The maximum atomic E-state index is 14.5. The topological polar surface area (TPSA) is 128 Å². The number of nitrogens with zero attached hydrogens (tertiary/aromatic N) is 2. The number of fused-ring (bicyclic) bond motifs is 4. The van der Waals surface area contributed by atoms with Gasteiger partial charge in [0.2, 0.25) is 17.7 Å². The average Bonchev–Trinajstić information content (AvgIpc) is 3.19. The van der Waals surface area contributed by atoms with Gasteiger partial charge < -0.3 is 25.4 Å². The zero-order valence-electron chi connectivity index (χ0n) is 27.3. The van der Waals surface area contributed by atoms with Crippen molar-refractivity contribution in [1.82, 2.24) is 20.4 Å². The zero-order chi connectivity index (χ0) is 32.8. The molecule has 3 N–H and O–H groups in total. The SMILES string of the molecule is C[C@@H](C(=O)N[C@H]1Cc2cccc(O)c2[C@H]2CC(C)(C)C(C(=O)N[C@@H]3CCCc4ccccc43)N2C1=O)N(C)C(=O)OC(C)(C)C. The number of likely N-dealkylation sites (N-methyl/N-ethyl adjacent to an activating group) is 1. The lowest BCUT2D eigenvalue weighted by Gasteiger charge is -2.36. The van der Waals surface area contributed by atoms with E-state index in [0.29, 0.717) is 12.0 Å². The van der Waals surface area contributed by atoms with Crippen LogP contribution in [0.25, 0.3) is 0 Å². The third-order valence-corrected chi connectivity index (χ3v) is 9.45. The molecule has 242 valence electrons. The lowest BCUT2D eigenvalue weighted by Crippen LogP contribution is -2.58. The first-order valence-corrected chi connectivity index (χ1v) is 15.9. The van der Waals surface area contributed by atoms with Crippen molar-refractivity contribution >= 4 is 23.8 Å². The number of hydrogen-bond acceptors (Lipinski definition) is 6. The van der Waals surface area contributed by atoms with E-state index in [1.165, 1.54) is 17.5 Å². The maximum Gasteiger partial charge on any atom is 0.410 e. The van der Waals surface area contributed by atoms with E-state index in [1.807, 2.05) is 32.0 Å². The number of nitrogens with one attached hydrogen (secondary N) is 2. The molecule has 2 aromatic rings. The van der Waals surface area contributed by atoms with E-state index in [4.69, 9.17) is 4.74 Å². The number of phenols is 1. The van der Waals surface area contributed by atoms with Crippen molar-refractivity contribution in [2.45, 2.75) is 109 Å². The minimum absolute atomic E-state index is 0.0540. The van der Waals surface area contributed by atoms with E-state index in [9.17, 15) is 24.3 Å². The van der Waals surface area contributed by atoms with Gasteiger partial charge in [0, 0.05) is 19.0 Å². The van der Waals surface area contributed by atoms with Crippen molar-refractivity contribution in [3.8, 4) is 5.75 Å². The number of carbonyl (C=O) groups is 4. The van der Waals surface area contributed by atoms with Gasteiger partial charge in [-0.3, -0.25) is 19.3 Å². The smallest absolute Gasteiger partial charge is 0.410 e. The predicted octanol–water partition coefficient (Wildman–Crippen LogP) is 4.55. The van der Waals surface area contributed by atoms with Crippen LogP contribution >= 0.6 is 0 Å². The van der Waals surface area contributed by atoms with Gasteiger partial charge in [-0.1, -0.05) is 50.2 Å². The number of benzene rings is 2. The molecule has 1 fully saturated rings. The van der Waals surface area contributed by atoms with Gasteiger partial charge in [-0.2, -0.15) is 0 Å². The Balaban J connectivity index is 1.45. The Morgan fingerprint density at radius 1 is 1.04 bits per heavy atom. The summed E-state index contributed by atoms with van der Waals surface area (Å²) < 4.78 is 5.43. The Morgan fingerprint density at radius 2 is 1.73 bits per heavy atom. The lowest BCUT2D eigenvalue weighted by atomic mass is 9.80. The Bertz CT molecular complexity index is 1500. The fourth-order valence-corrected chi connectivity index (χ4v) is 7.14. The van der Waals surface area contributed by atoms with Gasteiger partial charge in [-0.25, -0.2) is 4.79 Å². The number of hydrogen-bond donors (Lipinski definition) is 3. The first kappa shape index (κ1) is 32.3. The van der Waals surface area contributed by atoms with Crippen molar-refractivity contribution in [3.63, 3.8) is 0 Å². The van der Waals surface area contributed by atoms with E-state index in [0.717, 1.165) is 30.4 Å². The molecule has 1 saturated heterocycles. The number of aryl methyl sites for hydroxylation is 1. The van der Waals surface area contributed by atoms with Gasteiger partial charge in [-0.15, -0.1) is 0 Å². The molecule has 10 nitrogen and oxygen atoms in total. The number of rotatable bonds is 5. The zero-order valence-corrected chi connectivity index (χ0v) is 27.3. The molecule has 1 unspecified atom stereocenters. The second-order valence-electron chi connectivity index (χ2n) is 14.4. The number of phenolic OH excluding ortho intramolecular Hbond substituents is 1.